The van der Waals surface area contributed by atoms with Crippen molar-refractivity contribution in [1.82, 2.24) is 15.1 Å². The molecule has 96 valence electrons. The van der Waals surface area contributed by atoms with E-state index in [9.17, 15) is 0 Å². The average molecular weight is 227 g/mol. The first kappa shape index (κ1) is 13.9. The van der Waals surface area contributed by atoms with Crippen molar-refractivity contribution >= 4 is 0 Å². The number of rotatable bonds is 4. The van der Waals surface area contributed by atoms with E-state index in [0.29, 0.717) is 11.6 Å². The van der Waals surface area contributed by atoms with E-state index in [-0.39, 0.29) is 0 Å². The molecule has 1 saturated heterocycles. The third kappa shape index (κ3) is 3.72. The van der Waals surface area contributed by atoms with E-state index < -0.39 is 0 Å². The van der Waals surface area contributed by atoms with E-state index in [1.165, 1.54) is 32.6 Å². The second-order valence-corrected chi connectivity index (χ2v) is 5.81. The van der Waals surface area contributed by atoms with Gasteiger partial charge >= 0.3 is 0 Å². The Morgan fingerprint density at radius 1 is 1.12 bits per heavy atom. The zero-order valence-electron chi connectivity index (χ0n) is 11.7. The Labute approximate surface area is 101 Å². The second kappa shape index (κ2) is 5.99. The highest BCUT2D eigenvalue weighted by atomic mass is 15.3. The van der Waals surface area contributed by atoms with Crippen LogP contribution in [0.5, 0.6) is 0 Å². The van der Waals surface area contributed by atoms with Crippen molar-refractivity contribution in [3.05, 3.63) is 0 Å². The Bertz CT molecular complexity index is 190. The molecule has 1 atom stereocenters. The van der Waals surface area contributed by atoms with Gasteiger partial charge in [0.05, 0.1) is 0 Å². The highest BCUT2D eigenvalue weighted by molar-refractivity contribution is 4.84. The molecule has 3 heteroatoms. The molecular weight excluding hydrogens is 198 g/mol. The van der Waals surface area contributed by atoms with Gasteiger partial charge in [-0.15, -0.1) is 0 Å². The fourth-order valence-electron chi connectivity index (χ4n) is 2.53. The first-order chi connectivity index (χ1) is 7.49. The maximum absolute atomic E-state index is 3.30. The van der Waals surface area contributed by atoms with Crippen molar-refractivity contribution in [1.29, 1.82) is 0 Å². The molecular formula is C13H29N3. The summed E-state index contributed by atoms with van der Waals surface area (Å²) >= 11 is 0. The minimum atomic E-state index is 0.330. The largest absolute Gasteiger partial charge is 0.318 e. The van der Waals surface area contributed by atoms with E-state index in [2.05, 4.69) is 42.8 Å². The third-order valence-corrected chi connectivity index (χ3v) is 3.69. The van der Waals surface area contributed by atoms with Crippen molar-refractivity contribution < 1.29 is 0 Å². The number of hydrogen-bond acceptors (Lipinski definition) is 3. The first-order valence-electron chi connectivity index (χ1n) is 6.62. The molecule has 0 amide bonds. The Balaban J connectivity index is 2.41. The zero-order chi connectivity index (χ0) is 12.2. The Kier molecular flexibility index (Phi) is 5.22. The smallest absolute Gasteiger partial charge is 0.0218 e. The number of likely N-dealkylation sites (N-methyl/N-ethyl adjacent to an activating group) is 1. The summed E-state index contributed by atoms with van der Waals surface area (Å²) < 4.78 is 0. The summed E-state index contributed by atoms with van der Waals surface area (Å²) in [7, 11) is 2.05. The van der Waals surface area contributed by atoms with E-state index in [1.807, 2.05) is 7.05 Å². The van der Waals surface area contributed by atoms with Gasteiger partial charge in [-0.25, -0.2) is 0 Å². The molecule has 0 aromatic heterocycles. The fraction of sp³-hybridized carbons (Fsp3) is 1.00. The molecule has 0 aromatic rings. The summed E-state index contributed by atoms with van der Waals surface area (Å²) in [4.78, 5) is 5.23. The number of nitrogens with one attached hydrogen (secondary N) is 1. The third-order valence-electron chi connectivity index (χ3n) is 3.69. The molecule has 1 fully saturated rings. The van der Waals surface area contributed by atoms with Crippen LogP contribution in [0.25, 0.3) is 0 Å². The molecule has 1 N–H and O–H groups in total. The van der Waals surface area contributed by atoms with Gasteiger partial charge in [0, 0.05) is 44.3 Å². The van der Waals surface area contributed by atoms with Crippen LogP contribution in [0.15, 0.2) is 0 Å². The molecule has 0 aliphatic carbocycles. The lowest BCUT2D eigenvalue weighted by molar-refractivity contribution is 0.0414. The zero-order valence-corrected chi connectivity index (χ0v) is 11.7. The van der Waals surface area contributed by atoms with Gasteiger partial charge in [-0.05, 0) is 34.2 Å². The van der Waals surface area contributed by atoms with E-state index in [4.69, 9.17) is 0 Å². The Morgan fingerprint density at radius 2 is 1.69 bits per heavy atom. The van der Waals surface area contributed by atoms with Gasteiger partial charge in [0.2, 0.25) is 0 Å². The van der Waals surface area contributed by atoms with Crippen LogP contribution in [0.2, 0.25) is 0 Å². The Hall–Kier alpha value is -0.120. The molecule has 0 spiro atoms. The van der Waals surface area contributed by atoms with Gasteiger partial charge in [0.25, 0.3) is 0 Å². The SMILES string of the molecule is CCC(CNC)N1CCN(C(C)(C)C)CC1. The second-order valence-electron chi connectivity index (χ2n) is 5.81. The summed E-state index contributed by atoms with van der Waals surface area (Å²) in [5.41, 5.74) is 0.330. The Morgan fingerprint density at radius 3 is 2.06 bits per heavy atom. The van der Waals surface area contributed by atoms with E-state index >= 15 is 0 Å². The maximum atomic E-state index is 3.30. The van der Waals surface area contributed by atoms with Crippen molar-refractivity contribution in [3.63, 3.8) is 0 Å². The molecule has 16 heavy (non-hydrogen) atoms. The van der Waals surface area contributed by atoms with Crippen LogP contribution >= 0.6 is 0 Å². The number of hydrogen-bond donors (Lipinski definition) is 1. The van der Waals surface area contributed by atoms with E-state index in [1.54, 1.807) is 0 Å². The van der Waals surface area contributed by atoms with Crippen LogP contribution in [0.1, 0.15) is 34.1 Å². The maximum Gasteiger partial charge on any atom is 0.0218 e. The van der Waals surface area contributed by atoms with Gasteiger partial charge in [-0.3, -0.25) is 9.80 Å². The average Bonchev–Trinajstić information content (AvgIpc) is 2.25. The van der Waals surface area contributed by atoms with Gasteiger partial charge in [-0.1, -0.05) is 6.92 Å². The molecule has 0 saturated carbocycles. The molecule has 1 aliphatic heterocycles. The number of piperazine rings is 1. The highest BCUT2D eigenvalue weighted by Crippen LogP contribution is 2.17. The van der Waals surface area contributed by atoms with E-state index in [0.717, 1.165) is 6.54 Å². The summed E-state index contributed by atoms with van der Waals surface area (Å²) in [6.07, 6.45) is 1.25. The lowest BCUT2D eigenvalue weighted by atomic mass is 10.0. The topological polar surface area (TPSA) is 18.5 Å². The molecule has 0 bridgehead atoms. The lowest BCUT2D eigenvalue weighted by Gasteiger charge is -2.44. The minimum absolute atomic E-state index is 0.330. The van der Waals surface area contributed by atoms with Gasteiger partial charge in [-0.2, -0.15) is 0 Å². The van der Waals surface area contributed by atoms with Crippen LogP contribution in [0, 0.1) is 0 Å². The van der Waals surface area contributed by atoms with Crippen molar-refractivity contribution in [2.45, 2.75) is 45.7 Å². The van der Waals surface area contributed by atoms with Crippen molar-refractivity contribution in [2.75, 3.05) is 39.8 Å². The van der Waals surface area contributed by atoms with Crippen LogP contribution < -0.4 is 5.32 Å². The molecule has 0 radical (unpaired) electrons. The molecule has 1 rings (SSSR count). The summed E-state index contributed by atoms with van der Waals surface area (Å²) in [5.74, 6) is 0. The summed E-state index contributed by atoms with van der Waals surface area (Å²) in [6.45, 7) is 15.2. The normalized spacial score (nSPS) is 22.3. The van der Waals surface area contributed by atoms with Crippen LogP contribution in [-0.4, -0.2) is 61.2 Å². The van der Waals surface area contributed by atoms with Gasteiger partial charge < -0.3 is 5.32 Å². The van der Waals surface area contributed by atoms with Crippen LogP contribution in [0.3, 0.4) is 0 Å². The molecule has 0 aromatic carbocycles. The quantitative estimate of drug-likeness (QED) is 0.783. The fourth-order valence-corrected chi connectivity index (χ4v) is 2.53. The highest BCUT2D eigenvalue weighted by Gasteiger charge is 2.27. The van der Waals surface area contributed by atoms with Crippen LogP contribution in [0.4, 0.5) is 0 Å². The van der Waals surface area contributed by atoms with Gasteiger partial charge in [0.1, 0.15) is 0 Å². The molecule has 1 unspecified atom stereocenters. The summed E-state index contributed by atoms with van der Waals surface area (Å²) in [6, 6.07) is 0.715. The molecule has 3 nitrogen and oxygen atoms in total. The standard InChI is InChI=1S/C13H29N3/c1-6-12(11-14-5)15-7-9-16(10-8-15)13(2,3)4/h12,14H,6-11H2,1-5H3. The van der Waals surface area contributed by atoms with Crippen LogP contribution in [-0.2, 0) is 0 Å². The predicted octanol–water partition coefficient (Wildman–Crippen LogP) is 1.40. The monoisotopic (exact) mass is 227 g/mol. The molecule has 1 heterocycles. The first-order valence-corrected chi connectivity index (χ1v) is 6.62. The minimum Gasteiger partial charge on any atom is -0.318 e. The van der Waals surface area contributed by atoms with Crippen molar-refractivity contribution in [3.8, 4) is 0 Å². The van der Waals surface area contributed by atoms with Crippen molar-refractivity contribution in [2.24, 2.45) is 0 Å². The summed E-state index contributed by atoms with van der Waals surface area (Å²) in [5, 5.41) is 3.30. The molecule has 1 aliphatic rings. The predicted molar refractivity (Wildman–Crippen MR) is 70.9 cm³/mol. The van der Waals surface area contributed by atoms with Gasteiger partial charge in [0.15, 0.2) is 0 Å². The number of nitrogens with zero attached hydrogens (tertiary/aromatic N) is 2. The lowest BCUT2D eigenvalue weighted by Crippen LogP contribution is -2.56.